The van der Waals surface area contributed by atoms with E-state index in [1.165, 1.54) is 20.0 Å². The molecule has 1 saturated heterocycles. The first-order valence-electron chi connectivity index (χ1n) is 12.7. The van der Waals surface area contributed by atoms with E-state index in [4.69, 9.17) is 14.5 Å². The Kier molecular flexibility index (Phi) is 9.60. The molecule has 0 amide bonds. The van der Waals surface area contributed by atoms with E-state index < -0.39 is 0 Å². The molecule has 4 rings (SSSR count). The molecule has 3 aromatic rings. The van der Waals surface area contributed by atoms with Gasteiger partial charge in [0.2, 0.25) is 0 Å². The monoisotopic (exact) mass is 503 g/mol. The Morgan fingerprint density at radius 2 is 1.86 bits per heavy atom. The normalized spacial score (nSPS) is 14.8. The van der Waals surface area contributed by atoms with Crippen LogP contribution in [-0.4, -0.2) is 49.0 Å². The minimum Gasteiger partial charge on any atom is -0.497 e. The van der Waals surface area contributed by atoms with Crippen molar-refractivity contribution in [2.75, 3.05) is 31.0 Å². The molecule has 196 valence electrons. The number of methoxy groups -OCH3 is 2. The van der Waals surface area contributed by atoms with Gasteiger partial charge in [-0.05, 0) is 51.8 Å². The van der Waals surface area contributed by atoms with Crippen molar-refractivity contribution < 1.29 is 14.3 Å². The lowest BCUT2D eigenvalue weighted by atomic mass is 10.1. The summed E-state index contributed by atoms with van der Waals surface area (Å²) in [5, 5.41) is 3.45. The standard InChI is InChI=1S/C27H31N5O3.C2H6/c1-6-28-24-18(3)29-25(19-9-11-20(12-10-19)27(33)35-5)31-26(24)30-21-14-22(16-23(15-21)34-4)32-13-7-8-17(32)2;1-2/h6,9-12,14-17H,7-8,13H2,1-5H3,(H,29,30,31);1-2H3. The quantitative estimate of drug-likeness (QED) is 0.282. The van der Waals surface area contributed by atoms with Crippen LogP contribution in [0.5, 0.6) is 5.75 Å². The number of nitrogens with one attached hydrogen (secondary N) is 1. The SMILES string of the molecule is CC.CC=Nc1c(C)nc(-c2ccc(C(=O)OC)cc2)nc1Nc1cc(OC)cc(N2CCCC2C)c1. The highest BCUT2D eigenvalue weighted by Crippen LogP contribution is 2.36. The van der Waals surface area contributed by atoms with E-state index in [1.807, 2.05) is 45.9 Å². The van der Waals surface area contributed by atoms with Gasteiger partial charge in [0.1, 0.15) is 11.4 Å². The Labute approximate surface area is 219 Å². The number of carbonyl (C=O) groups is 1. The van der Waals surface area contributed by atoms with Gasteiger partial charge in [0.25, 0.3) is 0 Å². The van der Waals surface area contributed by atoms with Gasteiger partial charge in [-0.2, -0.15) is 0 Å². The average Bonchev–Trinajstić information content (AvgIpc) is 3.36. The minimum atomic E-state index is -0.384. The number of anilines is 3. The van der Waals surface area contributed by atoms with Crippen LogP contribution in [0.25, 0.3) is 11.4 Å². The predicted octanol–water partition coefficient (Wildman–Crippen LogP) is 6.73. The van der Waals surface area contributed by atoms with Crippen LogP contribution >= 0.6 is 0 Å². The maximum Gasteiger partial charge on any atom is 0.337 e. The van der Waals surface area contributed by atoms with Gasteiger partial charge in [0.15, 0.2) is 11.6 Å². The van der Waals surface area contributed by atoms with Gasteiger partial charge in [0.05, 0.1) is 25.5 Å². The van der Waals surface area contributed by atoms with E-state index >= 15 is 0 Å². The molecule has 8 nitrogen and oxygen atoms in total. The van der Waals surface area contributed by atoms with Crippen LogP contribution < -0.4 is 15.0 Å². The molecule has 0 spiro atoms. The predicted molar refractivity (Wildman–Crippen MR) is 151 cm³/mol. The van der Waals surface area contributed by atoms with Gasteiger partial charge < -0.3 is 19.7 Å². The smallest absolute Gasteiger partial charge is 0.337 e. The van der Waals surface area contributed by atoms with Gasteiger partial charge >= 0.3 is 5.97 Å². The molecule has 1 aliphatic rings. The second-order valence-electron chi connectivity index (χ2n) is 8.52. The highest BCUT2D eigenvalue weighted by Gasteiger charge is 2.22. The fourth-order valence-corrected chi connectivity index (χ4v) is 4.33. The van der Waals surface area contributed by atoms with Crippen molar-refractivity contribution in [2.24, 2.45) is 4.99 Å². The summed E-state index contributed by atoms with van der Waals surface area (Å²) in [6.07, 6.45) is 4.09. The Bertz CT molecular complexity index is 1240. The number of esters is 1. The van der Waals surface area contributed by atoms with Gasteiger partial charge in [-0.3, -0.25) is 4.99 Å². The molecule has 0 bridgehead atoms. The summed E-state index contributed by atoms with van der Waals surface area (Å²) in [7, 11) is 3.04. The van der Waals surface area contributed by atoms with E-state index in [2.05, 4.69) is 39.2 Å². The number of aryl methyl sites for hydroxylation is 1. The second-order valence-corrected chi connectivity index (χ2v) is 8.52. The molecule has 0 aliphatic carbocycles. The number of ether oxygens (including phenoxy) is 2. The average molecular weight is 504 g/mol. The molecule has 1 unspecified atom stereocenters. The molecular formula is C29H37N5O3. The van der Waals surface area contributed by atoms with Crippen LogP contribution in [0.15, 0.2) is 47.5 Å². The van der Waals surface area contributed by atoms with Crippen LogP contribution in [0.4, 0.5) is 22.9 Å². The number of hydrogen-bond acceptors (Lipinski definition) is 8. The largest absolute Gasteiger partial charge is 0.497 e. The number of carbonyl (C=O) groups excluding carboxylic acids is 1. The van der Waals surface area contributed by atoms with Gasteiger partial charge in [-0.15, -0.1) is 0 Å². The van der Waals surface area contributed by atoms with Crippen LogP contribution in [0, 0.1) is 6.92 Å². The molecule has 0 radical (unpaired) electrons. The zero-order chi connectivity index (χ0) is 26.9. The number of rotatable bonds is 7. The Morgan fingerprint density at radius 1 is 1.14 bits per heavy atom. The molecule has 2 aromatic carbocycles. The third kappa shape index (κ3) is 6.44. The van der Waals surface area contributed by atoms with Crippen molar-refractivity contribution in [3.05, 3.63) is 53.7 Å². The van der Waals surface area contributed by atoms with E-state index in [0.29, 0.717) is 28.9 Å². The van der Waals surface area contributed by atoms with Gasteiger partial charge in [-0.25, -0.2) is 14.8 Å². The minimum absolute atomic E-state index is 0.384. The molecule has 1 fully saturated rings. The van der Waals surface area contributed by atoms with Crippen molar-refractivity contribution >= 4 is 35.1 Å². The molecule has 1 aromatic heterocycles. The highest BCUT2D eigenvalue weighted by atomic mass is 16.5. The topological polar surface area (TPSA) is 88.9 Å². The lowest BCUT2D eigenvalue weighted by Crippen LogP contribution is -2.26. The van der Waals surface area contributed by atoms with Crippen molar-refractivity contribution in [3.8, 4) is 17.1 Å². The molecule has 8 heteroatoms. The lowest BCUT2D eigenvalue weighted by Gasteiger charge is -2.25. The fourth-order valence-electron chi connectivity index (χ4n) is 4.33. The first kappa shape index (κ1) is 27.6. The van der Waals surface area contributed by atoms with Crippen LogP contribution in [0.3, 0.4) is 0 Å². The van der Waals surface area contributed by atoms with E-state index in [1.54, 1.807) is 25.5 Å². The molecule has 0 saturated carbocycles. The first-order valence-corrected chi connectivity index (χ1v) is 12.7. The number of nitrogens with zero attached hydrogens (tertiary/aromatic N) is 4. The molecular weight excluding hydrogens is 466 g/mol. The fraction of sp³-hybridized carbons (Fsp3) is 0.379. The Balaban J connectivity index is 0.00000186. The first-order chi connectivity index (χ1) is 17.9. The third-order valence-electron chi connectivity index (χ3n) is 6.16. The third-order valence-corrected chi connectivity index (χ3v) is 6.16. The molecule has 37 heavy (non-hydrogen) atoms. The van der Waals surface area contributed by atoms with E-state index in [-0.39, 0.29) is 5.97 Å². The number of hydrogen-bond donors (Lipinski definition) is 1. The Morgan fingerprint density at radius 3 is 2.46 bits per heavy atom. The summed E-state index contributed by atoms with van der Waals surface area (Å²) >= 11 is 0. The zero-order valence-corrected chi connectivity index (χ0v) is 22.8. The summed E-state index contributed by atoms with van der Waals surface area (Å²) in [6, 6.07) is 13.6. The molecule has 1 N–H and O–H groups in total. The summed E-state index contributed by atoms with van der Waals surface area (Å²) in [5.41, 5.74) is 4.63. The maximum atomic E-state index is 11.8. The van der Waals surface area contributed by atoms with Crippen LogP contribution in [0.1, 0.15) is 56.6 Å². The number of benzene rings is 2. The van der Waals surface area contributed by atoms with Crippen molar-refractivity contribution in [2.45, 2.75) is 53.5 Å². The number of aliphatic imine (C=N–C) groups is 1. The zero-order valence-electron chi connectivity index (χ0n) is 22.8. The summed E-state index contributed by atoms with van der Waals surface area (Å²) in [6.45, 7) is 11.0. The van der Waals surface area contributed by atoms with Crippen molar-refractivity contribution in [3.63, 3.8) is 0 Å². The number of aromatic nitrogens is 2. The maximum absolute atomic E-state index is 11.8. The summed E-state index contributed by atoms with van der Waals surface area (Å²) < 4.78 is 10.4. The van der Waals surface area contributed by atoms with E-state index in [9.17, 15) is 4.79 Å². The van der Waals surface area contributed by atoms with Gasteiger partial charge in [0, 0.05) is 47.9 Å². The van der Waals surface area contributed by atoms with Crippen LogP contribution in [0.2, 0.25) is 0 Å². The van der Waals surface area contributed by atoms with Crippen molar-refractivity contribution in [1.82, 2.24) is 9.97 Å². The second kappa shape index (κ2) is 12.9. The Hall–Kier alpha value is -3.94. The molecule has 2 heterocycles. The molecule has 1 atom stereocenters. The van der Waals surface area contributed by atoms with Gasteiger partial charge in [-0.1, -0.05) is 26.0 Å². The van der Waals surface area contributed by atoms with E-state index in [0.717, 1.165) is 34.9 Å². The summed E-state index contributed by atoms with van der Waals surface area (Å²) in [5.74, 6) is 1.52. The summed E-state index contributed by atoms with van der Waals surface area (Å²) in [4.78, 5) is 28.2. The lowest BCUT2D eigenvalue weighted by molar-refractivity contribution is 0.0600. The van der Waals surface area contributed by atoms with Crippen LogP contribution in [-0.2, 0) is 4.74 Å². The van der Waals surface area contributed by atoms with Crippen molar-refractivity contribution in [1.29, 1.82) is 0 Å². The molecule has 1 aliphatic heterocycles. The highest BCUT2D eigenvalue weighted by molar-refractivity contribution is 5.90.